The van der Waals surface area contributed by atoms with Crippen molar-refractivity contribution in [1.82, 2.24) is 0 Å². The number of allylic oxidation sites excluding steroid dienone is 2. The van der Waals surface area contributed by atoms with Crippen LogP contribution in [-0.2, 0) is 9.59 Å². The number of rotatable bonds is 11. The van der Waals surface area contributed by atoms with Crippen LogP contribution in [0.5, 0.6) is 0 Å². The second kappa shape index (κ2) is 11.3. The van der Waals surface area contributed by atoms with Gasteiger partial charge in [0.25, 0.3) is 0 Å². The molecule has 0 amide bonds. The molecule has 1 aliphatic heterocycles. The molecule has 6 heteroatoms. The fourth-order valence-electron chi connectivity index (χ4n) is 4.74. The van der Waals surface area contributed by atoms with Crippen molar-refractivity contribution in [3.63, 3.8) is 0 Å². The van der Waals surface area contributed by atoms with E-state index in [4.69, 9.17) is 5.11 Å². The molecule has 5 nitrogen and oxygen atoms in total. The van der Waals surface area contributed by atoms with Crippen molar-refractivity contribution >= 4 is 23.5 Å². The second-order valence-electron chi connectivity index (χ2n) is 8.81. The van der Waals surface area contributed by atoms with E-state index in [1.807, 2.05) is 30.3 Å². The maximum absolute atomic E-state index is 12.6. The van der Waals surface area contributed by atoms with Gasteiger partial charge in [0.2, 0.25) is 0 Å². The summed E-state index contributed by atoms with van der Waals surface area (Å²) in [6, 6.07) is 7.53. The Morgan fingerprint density at radius 3 is 2.58 bits per heavy atom. The first-order chi connectivity index (χ1) is 14.9. The molecule has 1 aromatic rings. The fraction of sp³-hybridized carbons (Fsp3) is 0.600. The first-order valence-corrected chi connectivity index (χ1v) is 12.4. The molecule has 170 valence electrons. The van der Waals surface area contributed by atoms with Crippen LogP contribution in [0.3, 0.4) is 0 Å². The standard InChI is InChI=1S/C25H34O5S/c1-2-3-7-21(27)24(28)18-10-8-17(9-11-18)23-16(12-14-20(23)26)5-4-6-19-13-15-22(31-19)25(29)30/h8-11,13,16,21-24,27-28H,2-7,12,14-15H2,1H3,(H,29,30)/t16-,21?,22?,23?,24?/m0/s1. The zero-order valence-electron chi connectivity index (χ0n) is 18.2. The molecule has 5 atom stereocenters. The zero-order valence-corrected chi connectivity index (χ0v) is 19.0. The Balaban J connectivity index is 1.55. The molecule has 0 bridgehead atoms. The number of aliphatic hydroxyl groups excluding tert-OH is 2. The Bertz CT molecular complexity index is 788. The number of Topliss-reactive ketones (excluding diaryl/α,β-unsaturated/α-hetero) is 1. The summed E-state index contributed by atoms with van der Waals surface area (Å²) >= 11 is 1.46. The van der Waals surface area contributed by atoms with Crippen LogP contribution < -0.4 is 0 Å². The minimum absolute atomic E-state index is 0.104. The van der Waals surface area contributed by atoms with E-state index in [2.05, 4.69) is 6.92 Å². The van der Waals surface area contributed by atoms with E-state index < -0.39 is 18.2 Å². The molecule has 1 fully saturated rings. The number of thioether (sulfide) groups is 1. The van der Waals surface area contributed by atoms with Crippen molar-refractivity contribution in [3.8, 4) is 0 Å². The monoisotopic (exact) mass is 446 g/mol. The van der Waals surface area contributed by atoms with Gasteiger partial charge in [0.15, 0.2) is 0 Å². The topological polar surface area (TPSA) is 94.8 Å². The first kappa shape index (κ1) is 24.0. The van der Waals surface area contributed by atoms with Gasteiger partial charge in [-0.25, -0.2) is 0 Å². The summed E-state index contributed by atoms with van der Waals surface area (Å²) in [6.45, 7) is 2.05. The van der Waals surface area contributed by atoms with Gasteiger partial charge in [0, 0.05) is 12.3 Å². The second-order valence-corrected chi connectivity index (χ2v) is 10.1. The largest absolute Gasteiger partial charge is 0.480 e. The Kier molecular flexibility index (Phi) is 8.76. The first-order valence-electron chi connectivity index (χ1n) is 11.5. The molecule has 3 N–H and O–H groups in total. The van der Waals surface area contributed by atoms with E-state index in [-0.39, 0.29) is 17.0 Å². The fourth-order valence-corrected chi connectivity index (χ4v) is 5.86. The summed E-state index contributed by atoms with van der Waals surface area (Å²) in [5, 5.41) is 29.3. The van der Waals surface area contributed by atoms with Crippen LogP contribution in [0.4, 0.5) is 0 Å². The normalized spacial score (nSPS) is 25.5. The molecule has 1 saturated carbocycles. The maximum Gasteiger partial charge on any atom is 0.317 e. The number of ketones is 1. The number of carbonyl (C=O) groups is 2. The van der Waals surface area contributed by atoms with Crippen molar-refractivity contribution in [3.05, 3.63) is 46.4 Å². The summed E-state index contributed by atoms with van der Waals surface area (Å²) in [7, 11) is 0. The zero-order chi connectivity index (χ0) is 22.4. The summed E-state index contributed by atoms with van der Waals surface area (Å²) in [6.07, 6.45) is 7.69. The quantitative estimate of drug-likeness (QED) is 0.444. The molecule has 31 heavy (non-hydrogen) atoms. The Morgan fingerprint density at radius 1 is 1.19 bits per heavy atom. The minimum Gasteiger partial charge on any atom is -0.480 e. The summed E-state index contributed by atoms with van der Waals surface area (Å²) in [5.74, 6) is -0.264. The van der Waals surface area contributed by atoms with Crippen molar-refractivity contribution in [2.24, 2.45) is 5.92 Å². The molecule has 0 spiro atoms. The van der Waals surface area contributed by atoms with Crippen LogP contribution in [0.2, 0.25) is 0 Å². The molecule has 1 aliphatic carbocycles. The molecule has 0 saturated heterocycles. The average Bonchev–Trinajstić information content (AvgIpc) is 3.38. The highest BCUT2D eigenvalue weighted by Crippen LogP contribution is 2.42. The van der Waals surface area contributed by atoms with E-state index in [9.17, 15) is 19.8 Å². The molecule has 4 unspecified atom stereocenters. The number of hydrogen-bond donors (Lipinski definition) is 3. The van der Waals surface area contributed by atoms with E-state index in [1.165, 1.54) is 11.8 Å². The van der Waals surface area contributed by atoms with Gasteiger partial charge >= 0.3 is 5.97 Å². The third-order valence-electron chi connectivity index (χ3n) is 6.56. The highest BCUT2D eigenvalue weighted by atomic mass is 32.2. The predicted molar refractivity (Wildman–Crippen MR) is 123 cm³/mol. The molecule has 3 rings (SSSR count). The number of unbranched alkanes of at least 4 members (excludes halogenated alkanes) is 1. The molecule has 1 aromatic carbocycles. The lowest BCUT2D eigenvalue weighted by atomic mass is 9.84. The summed E-state index contributed by atoms with van der Waals surface area (Å²) in [4.78, 5) is 24.9. The van der Waals surface area contributed by atoms with E-state index in [1.54, 1.807) is 0 Å². The lowest BCUT2D eigenvalue weighted by molar-refractivity contribution is -0.136. The lowest BCUT2D eigenvalue weighted by Crippen LogP contribution is -2.18. The number of carboxylic acid groups (broad SMARTS) is 1. The third-order valence-corrected chi connectivity index (χ3v) is 7.91. The Morgan fingerprint density at radius 2 is 1.94 bits per heavy atom. The highest BCUT2D eigenvalue weighted by molar-refractivity contribution is 8.04. The van der Waals surface area contributed by atoms with Gasteiger partial charge in [-0.1, -0.05) is 50.1 Å². The van der Waals surface area contributed by atoms with Gasteiger partial charge in [-0.3, -0.25) is 9.59 Å². The molecular formula is C25H34O5S. The lowest BCUT2D eigenvalue weighted by Gasteiger charge is -2.21. The predicted octanol–water partition coefficient (Wildman–Crippen LogP) is 4.98. The molecule has 2 aliphatic rings. The van der Waals surface area contributed by atoms with Gasteiger partial charge < -0.3 is 15.3 Å². The minimum atomic E-state index is -0.900. The Hall–Kier alpha value is -1.63. The number of carboxylic acids is 1. The van der Waals surface area contributed by atoms with Crippen molar-refractivity contribution < 1.29 is 24.9 Å². The van der Waals surface area contributed by atoms with E-state index in [0.29, 0.717) is 30.7 Å². The van der Waals surface area contributed by atoms with Crippen LogP contribution in [0, 0.1) is 5.92 Å². The van der Waals surface area contributed by atoms with Crippen molar-refractivity contribution in [2.75, 3.05) is 0 Å². The maximum atomic E-state index is 12.6. The summed E-state index contributed by atoms with van der Waals surface area (Å²) < 4.78 is 0. The smallest absolute Gasteiger partial charge is 0.317 e. The molecule has 0 radical (unpaired) electrons. The van der Waals surface area contributed by atoms with E-state index in [0.717, 1.165) is 49.0 Å². The van der Waals surface area contributed by atoms with Gasteiger partial charge in [-0.2, -0.15) is 0 Å². The molecular weight excluding hydrogens is 412 g/mol. The molecule has 0 aromatic heterocycles. The Labute approximate surface area is 188 Å². The molecule has 1 heterocycles. The highest BCUT2D eigenvalue weighted by Gasteiger charge is 2.35. The average molecular weight is 447 g/mol. The van der Waals surface area contributed by atoms with Crippen LogP contribution in [0.1, 0.15) is 87.9 Å². The third kappa shape index (κ3) is 6.21. The van der Waals surface area contributed by atoms with Crippen molar-refractivity contribution in [2.45, 2.75) is 88.1 Å². The van der Waals surface area contributed by atoms with Crippen molar-refractivity contribution in [1.29, 1.82) is 0 Å². The van der Waals surface area contributed by atoms with Gasteiger partial charge in [0.1, 0.15) is 17.1 Å². The van der Waals surface area contributed by atoms with Crippen LogP contribution >= 0.6 is 11.8 Å². The van der Waals surface area contributed by atoms with Gasteiger partial charge in [-0.15, -0.1) is 11.8 Å². The van der Waals surface area contributed by atoms with Gasteiger partial charge in [0.05, 0.1) is 6.10 Å². The SMILES string of the molecule is CCCCC(O)C(O)c1ccc(C2C(=O)CC[C@@H]2CCCC2=CCC(C(=O)O)S2)cc1. The van der Waals surface area contributed by atoms with Crippen LogP contribution in [0.15, 0.2) is 35.2 Å². The van der Waals surface area contributed by atoms with Crippen LogP contribution in [0.25, 0.3) is 0 Å². The number of hydrogen-bond acceptors (Lipinski definition) is 5. The number of aliphatic hydroxyl groups is 2. The number of benzene rings is 1. The van der Waals surface area contributed by atoms with Crippen LogP contribution in [-0.4, -0.2) is 38.4 Å². The number of carbonyl (C=O) groups excluding carboxylic acids is 1. The number of aliphatic carboxylic acids is 1. The summed E-state index contributed by atoms with van der Waals surface area (Å²) in [5.41, 5.74) is 1.68. The van der Waals surface area contributed by atoms with Gasteiger partial charge in [-0.05, 0) is 60.5 Å². The van der Waals surface area contributed by atoms with E-state index >= 15 is 0 Å².